The van der Waals surface area contributed by atoms with Crippen molar-refractivity contribution in [2.24, 2.45) is 0 Å². The second kappa shape index (κ2) is 7.67. The number of aromatic nitrogens is 3. The van der Waals surface area contributed by atoms with Gasteiger partial charge in [-0.15, -0.1) is 0 Å². The van der Waals surface area contributed by atoms with Gasteiger partial charge in [0.25, 0.3) is 0 Å². The number of halogens is 4. The Balaban J connectivity index is 2.10. The smallest absolute Gasteiger partial charge is 0.383 e. The lowest BCUT2D eigenvalue weighted by Crippen LogP contribution is -2.15. The van der Waals surface area contributed by atoms with Gasteiger partial charge in [-0.3, -0.25) is 9.78 Å². The van der Waals surface area contributed by atoms with Crippen LogP contribution in [0, 0.1) is 0 Å². The number of hydrogen-bond donors (Lipinski definition) is 0. The fraction of sp³-hybridized carbons (Fsp3) is 0.158. The highest BCUT2D eigenvalue weighted by atomic mass is 79.9. The number of fused-ring (bicyclic) bond motifs is 1. The quantitative estimate of drug-likeness (QED) is 0.429. The number of Topliss-reactive ketones (excluding diaryl/α,β-unsaturated/α-hetero) is 1. The van der Waals surface area contributed by atoms with E-state index < -0.39 is 17.7 Å². The lowest BCUT2D eigenvalue weighted by molar-refractivity contribution is -0.141. The summed E-state index contributed by atoms with van der Waals surface area (Å²) >= 11 is 3.32. The van der Waals surface area contributed by atoms with Crippen LogP contribution in [0.15, 0.2) is 53.3 Å². The number of carbonyl (C=O) groups excluding carboxylic acids is 1. The lowest BCUT2D eigenvalue weighted by atomic mass is 10.0. The summed E-state index contributed by atoms with van der Waals surface area (Å²) in [7, 11) is 3.40. The molecular formula is C19H14BrF3N4O. The summed E-state index contributed by atoms with van der Waals surface area (Å²) in [5.41, 5.74) is 0.172. The van der Waals surface area contributed by atoms with Gasteiger partial charge >= 0.3 is 6.18 Å². The highest BCUT2D eigenvalue weighted by molar-refractivity contribution is 9.10. The van der Waals surface area contributed by atoms with Crippen LogP contribution in [0.3, 0.4) is 0 Å². The molecule has 0 aliphatic heterocycles. The SMILES string of the molecule is CN(C)/C=C(\C(=O)c1cccc(C(F)(F)F)n1)c1ccc2ncc(Br)cc2n1. The Morgan fingerprint density at radius 2 is 1.82 bits per heavy atom. The Bertz CT molecular complexity index is 1080. The number of rotatable bonds is 4. The first-order valence-electron chi connectivity index (χ1n) is 8.05. The third-order valence-corrected chi connectivity index (χ3v) is 4.12. The number of ketones is 1. The summed E-state index contributed by atoms with van der Waals surface area (Å²) in [6, 6.07) is 8.27. The van der Waals surface area contributed by atoms with Crippen molar-refractivity contribution in [3.8, 4) is 0 Å². The van der Waals surface area contributed by atoms with E-state index in [0.29, 0.717) is 21.2 Å². The Labute approximate surface area is 167 Å². The molecule has 0 atom stereocenters. The van der Waals surface area contributed by atoms with E-state index in [9.17, 15) is 18.0 Å². The second-order valence-corrected chi connectivity index (χ2v) is 7.05. The van der Waals surface area contributed by atoms with Crippen LogP contribution in [0.1, 0.15) is 21.9 Å². The maximum atomic E-state index is 13.0. The Hall–Kier alpha value is -2.81. The summed E-state index contributed by atoms with van der Waals surface area (Å²) in [5.74, 6) is -0.658. The summed E-state index contributed by atoms with van der Waals surface area (Å²) < 4.78 is 39.6. The maximum absolute atomic E-state index is 13.0. The highest BCUT2D eigenvalue weighted by Gasteiger charge is 2.33. The average molecular weight is 451 g/mol. The van der Waals surface area contributed by atoms with Gasteiger partial charge in [0, 0.05) is 31.0 Å². The van der Waals surface area contributed by atoms with Crippen LogP contribution >= 0.6 is 15.9 Å². The van der Waals surface area contributed by atoms with Crippen molar-refractivity contribution >= 4 is 38.3 Å². The number of allylic oxidation sites excluding steroid dienone is 1. The zero-order valence-electron chi connectivity index (χ0n) is 14.8. The standard InChI is InChI=1S/C19H14BrF3N4O/c1-27(2)10-12(13-6-7-14-16(25-13)8-11(20)9-24-14)18(28)15-4-3-5-17(26-15)19(21,22)23/h3-10H,1-2H3/b12-10-. The molecule has 0 N–H and O–H groups in total. The number of pyridine rings is 3. The minimum absolute atomic E-state index is 0.124. The molecular weight excluding hydrogens is 437 g/mol. The molecule has 9 heteroatoms. The Morgan fingerprint density at radius 1 is 1.07 bits per heavy atom. The van der Waals surface area contributed by atoms with Gasteiger partial charge in [0.05, 0.1) is 22.3 Å². The van der Waals surface area contributed by atoms with Gasteiger partial charge in [0.2, 0.25) is 5.78 Å². The number of carbonyl (C=O) groups is 1. The van der Waals surface area contributed by atoms with Crippen molar-refractivity contribution in [3.63, 3.8) is 0 Å². The molecule has 3 aromatic heterocycles. The summed E-state index contributed by atoms with van der Waals surface area (Å²) in [4.78, 5) is 26.8. The zero-order valence-corrected chi connectivity index (χ0v) is 16.4. The van der Waals surface area contributed by atoms with E-state index in [0.717, 1.165) is 12.1 Å². The summed E-state index contributed by atoms with van der Waals surface area (Å²) in [6.45, 7) is 0. The minimum Gasteiger partial charge on any atom is -0.383 e. The van der Waals surface area contributed by atoms with Crippen molar-refractivity contribution < 1.29 is 18.0 Å². The third kappa shape index (κ3) is 4.36. The van der Waals surface area contributed by atoms with E-state index >= 15 is 0 Å². The van der Waals surface area contributed by atoms with Gasteiger partial charge < -0.3 is 4.90 Å². The molecule has 28 heavy (non-hydrogen) atoms. The molecule has 0 radical (unpaired) electrons. The molecule has 3 aromatic rings. The van der Waals surface area contributed by atoms with Crippen LogP contribution in [0.2, 0.25) is 0 Å². The second-order valence-electron chi connectivity index (χ2n) is 6.13. The molecule has 5 nitrogen and oxygen atoms in total. The molecule has 0 aromatic carbocycles. The molecule has 3 rings (SSSR count). The number of nitrogens with zero attached hydrogens (tertiary/aromatic N) is 4. The molecule has 0 saturated heterocycles. The molecule has 0 amide bonds. The predicted octanol–water partition coefficient (Wildman–Crippen LogP) is 4.59. The van der Waals surface area contributed by atoms with Crippen LogP contribution in [-0.4, -0.2) is 39.7 Å². The van der Waals surface area contributed by atoms with Crippen LogP contribution in [0.4, 0.5) is 13.2 Å². The summed E-state index contributed by atoms with van der Waals surface area (Å²) in [6.07, 6.45) is -1.51. The van der Waals surface area contributed by atoms with Crippen molar-refractivity contribution in [1.82, 2.24) is 19.9 Å². The van der Waals surface area contributed by atoms with Crippen LogP contribution < -0.4 is 0 Å². The zero-order chi connectivity index (χ0) is 20.5. The van der Waals surface area contributed by atoms with E-state index in [1.54, 1.807) is 43.4 Å². The highest BCUT2D eigenvalue weighted by Crippen LogP contribution is 2.28. The molecule has 0 bridgehead atoms. The molecule has 144 valence electrons. The molecule has 0 saturated carbocycles. The van der Waals surface area contributed by atoms with Crippen molar-refractivity contribution in [2.75, 3.05) is 14.1 Å². The Kier molecular flexibility index (Phi) is 5.46. The van der Waals surface area contributed by atoms with E-state index in [-0.39, 0.29) is 11.3 Å². The number of hydrogen-bond acceptors (Lipinski definition) is 5. The topological polar surface area (TPSA) is 59.0 Å². The first-order valence-corrected chi connectivity index (χ1v) is 8.84. The molecule has 3 heterocycles. The predicted molar refractivity (Wildman–Crippen MR) is 102 cm³/mol. The van der Waals surface area contributed by atoms with Crippen LogP contribution in [-0.2, 0) is 6.18 Å². The van der Waals surface area contributed by atoms with Gasteiger partial charge in [0.1, 0.15) is 11.4 Å². The van der Waals surface area contributed by atoms with Gasteiger partial charge in [-0.05, 0) is 46.3 Å². The van der Waals surface area contributed by atoms with Crippen LogP contribution in [0.25, 0.3) is 16.6 Å². The van der Waals surface area contributed by atoms with E-state index in [1.807, 2.05) is 0 Å². The molecule has 0 fully saturated rings. The van der Waals surface area contributed by atoms with E-state index in [1.165, 1.54) is 12.3 Å². The molecule has 0 aliphatic rings. The molecule has 0 spiro atoms. The van der Waals surface area contributed by atoms with Crippen LogP contribution in [0.5, 0.6) is 0 Å². The number of alkyl halides is 3. The molecule has 0 unspecified atom stereocenters. The van der Waals surface area contributed by atoms with Crippen molar-refractivity contribution in [3.05, 3.63) is 70.3 Å². The van der Waals surface area contributed by atoms with Gasteiger partial charge in [-0.2, -0.15) is 13.2 Å². The third-order valence-electron chi connectivity index (χ3n) is 3.68. The van der Waals surface area contributed by atoms with Gasteiger partial charge in [0.15, 0.2) is 0 Å². The van der Waals surface area contributed by atoms with E-state index in [4.69, 9.17) is 0 Å². The normalized spacial score (nSPS) is 12.3. The van der Waals surface area contributed by atoms with Crippen molar-refractivity contribution in [2.45, 2.75) is 6.18 Å². The van der Waals surface area contributed by atoms with Crippen molar-refractivity contribution in [1.29, 1.82) is 0 Å². The molecule has 0 aliphatic carbocycles. The fourth-order valence-electron chi connectivity index (χ4n) is 2.49. The average Bonchev–Trinajstić information content (AvgIpc) is 2.64. The Morgan fingerprint density at radius 3 is 2.50 bits per heavy atom. The lowest BCUT2D eigenvalue weighted by Gasteiger charge is -2.12. The first-order chi connectivity index (χ1) is 13.1. The van der Waals surface area contributed by atoms with Gasteiger partial charge in [-0.25, -0.2) is 9.97 Å². The fourth-order valence-corrected chi connectivity index (χ4v) is 2.81. The first kappa shape index (κ1) is 19.9. The summed E-state index contributed by atoms with van der Waals surface area (Å²) in [5, 5.41) is 0. The largest absolute Gasteiger partial charge is 0.433 e. The van der Waals surface area contributed by atoms with E-state index in [2.05, 4.69) is 30.9 Å². The monoisotopic (exact) mass is 450 g/mol. The maximum Gasteiger partial charge on any atom is 0.433 e. The minimum atomic E-state index is -4.64. The van der Waals surface area contributed by atoms with Gasteiger partial charge in [-0.1, -0.05) is 6.07 Å².